The topological polar surface area (TPSA) is 58.8 Å². The molecule has 0 spiro atoms. The zero-order valence-electron chi connectivity index (χ0n) is 11.5. The Labute approximate surface area is 121 Å². The normalized spacial score (nSPS) is 20.7. The molecule has 1 aromatic carbocycles. The van der Waals surface area contributed by atoms with Crippen molar-refractivity contribution in [2.45, 2.75) is 18.8 Å². The van der Waals surface area contributed by atoms with Gasteiger partial charge in [-0.15, -0.1) is 0 Å². The third kappa shape index (κ3) is 2.72. The summed E-state index contributed by atoms with van der Waals surface area (Å²) in [7, 11) is 0. The minimum Gasteiger partial charge on any atom is -0.490 e. The molecular formula is C14H17F2N3O2. The van der Waals surface area contributed by atoms with Gasteiger partial charge in [0.05, 0.1) is 12.2 Å². The van der Waals surface area contributed by atoms with Gasteiger partial charge >= 0.3 is 6.03 Å². The molecule has 0 unspecified atom stereocenters. The summed E-state index contributed by atoms with van der Waals surface area (Å²) in [6.45, 7) is 0.913. The van der Waals surface area contributed by atoms with Crippen LogP contribution in [0.4, 0.5) is 25.0 Å². The molecule has 1 fully saturated rings. The summed E-state index contributed by atoms with van der Waals surface area (Å²) in [5, 5.41) is 0. The zero-order chi connectivity index (χ0) is 15.0. The number of halogens is 2. The molecule has 0 atom stereocenters. The number of carbonyl (C=O) groups is 1. The maximum atomic E-state index is 13.2. The number of ether oxygens (including phenoxy) is 1. The molecule has 2 amide bonds. The van der Waals surface area contributed by atoms with Crippen LogP contribution in [0.5, 0.6) is 5.75 Å². The summed E-state index contributed by atoms with van der Waals surface area (Å²) in [6.07, 6.45) is -0.570. The van der Waals surface area contributed by atoms with Crippen molar-refractivity contribution in [3.63, 3.8) is 0 Å². The zero-order valence-corrected chi connectivity index (χ0v) is 11.5. The minimum absolute atomic E-state index is 0.0703. The van der Waals surface area contributed by atoms with Crippen LogP contribution in [-0.2, 0) is 0 Å². The van der Waals surface area contributed by atoms with Gasteiger partial charge in [0, 0.05) is 31.6 Å². The average molecular weight is 297 g/mol. The molecular weight excluding hydrogens is 280 g/mol. The van der Waals surface area contributed by atoms with Crippen LogP contribution in [0, 0.1) is 0 Å². The number of carbonyl (C=O) groups excluding carboxylic acids is 1. The molecule has 0 bridgehead atoms. The van der Waals surface area contributed by atoms with Gasteiger partial charge in [0.15, 0.2) is 0 Å². The second kappa shape index (κ2) is 5.05. The van der Waals surface area contributed by atoms with E-state index in [1.807, 2.05) is 0 Å². The van der Waals surface area contributed by atoms with Crippen LogP contribution in [0.3, 0.4) is 0 Å². The Hall–Kier alpha value is -2.05. The third-order valence-electron chi connectivity index (χ3n) is 3.84. The van der Waals surface area contributed by atoms with Crippen molar-refractivity contribution in [3.05, 3.63) is 18.2 Å². The van der Waals surface area contributed by atoms with Crippen LogP contribution < -0.4 is 15.4 Å². The molecule has 1 saturated heterocycles. The van der Waals surface area contributed by atoms with Gasteiger partial charge < -0.3 is 15.4 Å². The summed E-state index contributed by atoms with van der Waals surface area (Å²) in [5.74, 6) is -2.07. The van der Waals surface area contributed by atoms with Gasteiger partial charge in [-0.05, 0) is 18.2 Å². The Balaban J connectivity index is 1.79. The second-order valence-electron chi connectivity index (χ2n) is 5.35. The van der Waals surface area contributed by atoms with Crippen molar-refractivity contribution in [1.29, 1.82) is 0 Å². The number of nitrogens with two attached hydrogens (primary N) is 1. The lowest BCUT2D eigenvalue weighted by molar-refractivity contribution is -0.0465. The molecule has 1 aromatic rings. The molecule has 0 aromatic heterocycles. The Morgan fingerprint density at radius 1 is 1.24 bits per heavy atom. The van der Waals surface area contributed by atoms with E-state index in [1.165, 1.54) is 4.90 Å². The highest BCUT2D eigenvalue weighted by atomic mass is 19.3. The van der Waals surface area contributed by atoms with Crippen LogP contribution >= 0.6 is 0 Å². The Kier molecular flexibility index (Phi) is 3.35. The van der Waals surface area contributed by atoms with Gasteiger partial charge in [-0.1, -0.05) is 0 Å². The van der Waals surface area contributed by atoms with Gasteiger partial charge in [-0.3, -0.25) is 4.90 Å². The van der Waals surface area contributed by atoms with Crippen LogP contribution in [0.15, 0.2) is 18.2 Å². The number of benzene rings is 1. The van der Waals surface area contributed by atoms with E-state index in [-0.39, 0.29) is 32.0 Å². The van der Waals surface area contributed by atoms with Gasteiger partial charge in [0.25, 0.3) is 5.92 Å². The van der Waals surface area contributed by atoms with Gasteiger partial charge in [0.1, 0.15) is 12.4 Å². The molecule has 2 N–H and O–H groups in total. The number of hydrogen-bond donors (Lipinski definition) is 1. The smallest absolute Gasteiger partial charge is 0.324 e. The van der Waals surface area contributed by atoms with E-state index in [0.29, 0.717) is 30.3 Å². The maximum absolute atomic E-state index is 13.2. The molecule has 114 valence electrons. The van der Waals surface area contributed by atoms with E-state index < -0.39 is 5.92 Å². The molecule has 2 heterocycles. The van der Waals surface area contributed by atoms with Crippen LogP contribution in [0.2, 0.25) is 0 Å². The average Bonchev–Trinajstić information content (AvgIpc) is 2.46. The van der Waals surface area contributed by atoms with Crippen LogP contribution in [-0.4, -0.2) is 43.1 Å². The molecule has 3 rings (SSSR count). The largest absolute Gasteiger partial charge is 0.490 e. The van der Waals surface area contributed by atoms with Crippen LogP contribution in [0.25, 0.3) is 0 Å². The highest BCUT2D eigenvalue weighted by Gasteiger charge is 2.37. The van der Waals surface area contributed by atoms with Crippen molar-refractivity contribution in [3.8, 4) is 5.75 Å². The van der Waals surface area contributed by atoms with E-state index in [1.54, 1.807) is 23.1 Å². The first-order valence-corrected chi connectivity index (χ1v) is 6.93. The summed E-state index contributed by atoms with van der Waals surface area (Å²) < 4.78 is 31.9. The second-order valence-corrected chi connectivity index (χ2v) is 5.35. The van der Waals surface area contributed by atoms with Crippen molar-refractivity contribution < 1.29 is 18.3 Å². The van der Waals surface area contributed by atoms with E-state index in [0.717, 1.165) is 0 Å². The number of amides is 2. The van der Waals surface area contributed by atoms with Crippen LogP contribution in [0.1, 0.15) is 12.8 Å². The first kappa shape index (κ1) is 13.9. The quantitative estimate of drug-likeness (QED) is 0.748. The van der Waals surface area contributed by atoms with Crippen molar-refractivity contribution in [1.82, 2.24) is 4.90 Å². The molecule has 0 saturated carbocycles. The molecule has 5 nitrogen and oxygen atoms in total. The summed E-state index contributed by atoms with van der Waals surface area (Å²) >= 11 is 0. The van der Waals surface area contributed by atoms with Gasteiger partial charge in [0.2, 0.25) is 0 Å². The molecule has 0 aliphatic carbocycles. The first-order chi connectivity index (χ1) is 9.96. The number of nitrogen functional groups attached to an aromatic ring is 1. The number of alkyl halides is 2. The third-order valence-corrected chi connectivity index (χ3v) is 3.84. The van der Waals surface area contributed by atoms with E-state index in [9.17, 15) is 13.6 Å². The SMILES string of the molecule is Nc1ccc2c(c1)N(C(=O)N1CCC(F)(F)CC1)CCO2. The highest BCUT2D eigenvalue weighted by molar-refractivity contribution is 5.94. The number of anilines is 2. The van der Waals surface area contributed by atoms with Crippen molar-refractivity contribution >= 4 is 17.4 Å². The number of hydrogen-bond acceptors (Lipinski definition) is 3. The Bertz CT molecular complexity index is 555. The lowest BCUT2D eigenvalue weighted by Gasteiger charge is -2.37. The lowest BCUT2D eigenvalue weighted by Crippen LogP contribution is -2.51. The fourth-order valence-corrected chi connectivity index (χ4v) is 2.63. The number of rotatable bonds is 0. The van der Waals surface area contributed by atoms with E-state index in [2.05, 4.69) is 0 Å². The van der Waals surface area contributed by atoms with Gasteiger partial charge in [-0.2, -0.15) is 0 Å². The predicted molar refractivity (Wildman–Crippen MR) is 74.8 cm³/mol. The maximum Gasteiger partial charge on any atom is 0.324 e. The molecule has 2 aliphatic rings. The summed E-state index contributed by atoms with van der Waals surface area (Å²) in [6, 6.07) is 4.83. The molecule has 7 heteroatoms. The van der Waals surface area contributed by atoms with Gasteiger partial charge in [-0.25, -0.2) is 13.6 Å². The predicted octanol–water partition coefficient (Wildman–Crippen LogP) is 2.32. The number of fused-ring (bicyclic) bond motifs is 1. The fraction of sp³-hybridized carbons (Fsp3) is 0.500. The summed E-state index contributed by atoms with van der Waals surface area (Å²) in [4.78, 5) is 15.6. The minimum atomic E-state index is -2.66. The Morgan fingerprint density at radius 3 is 2.67 bits per heavy atom. The lowest BCUT2D eigenvalue weighted by atomic mass is 10.1. The summed E-state index contributed by atoms with van der Waals surface area (Å²) in [5.41, 5.74) is 6.88. The van der Waals surface area contributed by atoms with E-state index >= 15 is 0 Å². The van der Waals surface area contributed by atoms with E-state index in [4.69, 9.17) is 10.5 Å². The number of nitrogens with zero attached hydrogens (tertiary/aromatic N) is 2. The number of likely N-dealkylation sites (tertiary alicyclic amines) is 1. The fourth-order valence-electron chi connectivity index (χ4n) is 2.63. The number of urea groups is 1. The standard InChI is InChI=1S/C14H17F2N3O2/c15-14(16)3-5-18(6-4-14)13(20)19-7-8-21-12-2-1-10(17)9-11(12)19/h1-2,9H,3-8,17H2. The number of piperidine rings is 1. The molecule has 21 heavy (non-hydrogen) atoms. The Morgan fingerprint density at radius 2 is 1.95 bits per heavy atom. The molecule has 2 aliphatic heterocycles. The highest BCUT2D eigenvalue weighted by Crippen LogP contribution is 2.35. The monoisotopic (exact) mass is 297 g/mol. The van der Waals surface area contributed by atoms with Crippen molar-refractivity contribution in [2.24, 2.45) is 0 Å². The first-order valence-electron chi connectivity index (χ1n) is 6.93. The molecule has 0 radical (unpaired) electrons. The van der Waals surface area contributed by atoms with Crippen molar-refractivity contribution in [2.75, 3.05) is 36.9 Å².